The van der Waals surface area contributed by atoms with Crippen LogP contribution in [0.2, 0.25) is 0 Å². The fourth-order valence-electron chi connectivity index (χ4n) is 0.560. The van der Waals surface area contributed by atoms with Crippen LogP contribution < -0.4 is 12.4 Å². The molecule has 0 aromatic carbocycles. The van der Waals surface area contributed by atoms with Gasteiger partial charge in [-0.15, -0.1) is 0 Å². The van der Waals surface area contributed by atoms with Crippen molar-refractivity contribution in [2.45, 2.75) is 25.0 Å². The predicted molar refractivity (Wildman–Crippen MR) is 40.3 cm³/mol. The van der Waals surface area contributed by atoms with Crippen LogP contribution in [0.4, 0.5) is 0 Å². The van der Waals surface area contributed by atoms with Gasteiger partial charge in [-0.3, -0.25) is 9.59 Å². The van der Waals surface area contributed by atoms with Gasteiger partial charge in [0, 0.05) is 6.42 Å². The standard InChI is InChI=1S/C6H10O3S.ClH/c1-4(7)3-6(2,10)5(8)9;/h10H,3H2,1-2H3,(H,8,9);1H/p-1. The second-order valence-electron chi connectivity index (χ2n) is 2.46. The van der Waals surface area contributed by atoms with Crippen molar-refractivity contribution in [3.05, 3.63) is 0 Å². The van der Waals surface area contributed by atoms with E-state index in [1.165, 1.54) is 13.8 Å². The molecule has 1 atom stereocenters. The number of carbonyl (C=O) groups excluding carboxylic acids is 1. The van der Waals surface area contributed by atoms with Gasteiger partial charge in [-0.05, 0) is 13.8 Å². The molecule has 0 aromatic heterocycles. The molecule has 0 spiro atoms. The third-order valence-electron chi connectivity index (χ3n) is 1.05. The monoisotopic (exact) mass is 197 g/mol. The van der Waals surface area contributed by atoms with Gasteiger partial charge >= 0.3 is 5.97 Å². The van der Waals surface area contributed by atoms with Gasteiger partial charge in [0.15, 0.2) is 0 Å². The van der Waals surface area contributed by atoms with E-state index in [1.807, 2.05) is 0 Å². The lowest BCUT2D eigenvalue weighted by Gasteiger charge is -2.14. The third-order valence-corrected chi connectivity index (χ3v) is 1.40. The molecule has 0 rings (SSSR count). The van der Waals surface area contributed by atoms with Crippen molar-refractivity contribution >= 4 is 24.4 Å². The van der Waals surface area contributed by atoms with E-state index in [9.17, 15) is 9.59 Å². The Labute approximate surface area is 77.0 Å². The van der Waals surface area contributed by atoms with Gasteiger partial charge in [0.1, 0.15) is 10.5 Å². The molecule has 0 heterocycles. The molecule has 0 saturated heterocycles. The second kappa shape index (κ2) is 4.62. The highest BCUT2D eigenvalue weighted by atomic mass is 35.5. The van der Waals surface area contributed by atoms with E-state index >= 15 is 0 Å². The van der Waals surface area contributed by atoms with Gasteiger partial charge in [0.25, 0.3) is 0 Å². The van der Waals surface area contributed by atoms with Gasteiger partial charge < -0.3 is 17.5 Å². The van der Waals surface area contributed by atoms with Crippen LogP contribution in [0.25, 0.3) is 0 Å². The molecule has 5 heteroatoms. The number of thiol groups is 1. The Balaban J connectivity index is 0. The predicted octanol–water partition coefficient (Wildman–Crippen LogP) is -2.26. The number of carboxylic acids is 1. The molecule has 1 unspecified atom stereocenters. The molecule has 0 bridgehead atoms. The Morgan fingerprint density at radius 1 is 1.55 bits per heavy atom. The summed E-state index contributed by atoms with van der Waals surface area (Å²) in [6.07, 6.45) is -0.0363. The highest BCUT2D eigenvalue weighted by Gasteiger charge is 2.29. The van der Waals surface area contributed by atoms with E-state index in [0.29, 0.717) is 0 Å². The molecule has 11 heavy (non-hydrogen) atoms. The molecule has 0 aliphatic rings. The first-order valence-corrected chi connectivity index (χ1v) is 3.26. The van der Waals surface area contributed by atoms with Crippen LogP contribution in [0.3, 0.4) is 0 Å². The topological polar surface area (TPSA) is 54.4 Å². The summed E-state index contributed by atoms with van der Waals surface area (Å²) in [6, 6.07) is 0. The number of ketones is 1. The normalized spacial score (nSPS) is 14.5. The minimum atomic E-state index is -1.22. The van der Waals surface area contributed by atoms with Gasteiger partial charge in [0.05, 0.1) is 0 Å². The third kappa shape index (κ3) is 5.09. The smallest absolute Gasteiger partial charge is 0.319 e. The molecular formula is C6H10ClO3S-. The van der Waals surface area contributed by atoms with Crippen LogP contribution in [-0.2, 0) is 9.59 Å². The van der Waals surface area contributed by atoms with E-state index in [2.05, 4.69) is 12.6 Å². The molecule has 0 amide bonds. The highest BCUT2D eigenvalue weighted by Crippen LogP contribution is 2.18. The number of halogens is 1. The van der Waals surface area contributed by atoms with Crippen LogP contribution >= 0.6 is 12.6 Å². The number of carbonyl (C=O) groups is 2. The fraction of sp³-hybridized carbons (Fsp3) is 0.667. The Bertz CT molecular complexity index is 167. The van der Waals surface area contributed by atoms with Gasteiger partial charge in [0.2, 0.25) is 0 Å². The number of carboxylic acid groups (broad SMARTS) is 1. The molecule has 0 fully saturated rings. The van der Waals surface area contributed by atoms with Crippen LogP contribution in [0.5, 0.6) is 0 Å². The number of aliphatic carboxylic acids is 1. The van der Waals surface area contributed by atoms with Crippen LogP contribution in [0, 0.1) is 0 Å². The SMILES string of the molecule is CC(=O)CC(C)(S)C(=O)O.[Cl-]. The van der Waals surface area contributed by atoms with Crippen LogP contribution in [0.15, 0.2) is 0 Å². The van der Waals surface area contributed by atoms with Gasteiger partial charge in [-0.25, -0.2) is 0 Å². The first-order valence-electron chi connectivity index (χ1n) is 2.81. The molecule has 0 aliphatic carbocycles. The van der Waals surface area contributed by atoms with Crippen molar-refractivity contribution in [3.63, 3.8) is 0 Å². The lowest BCUT2D eigenvalue weighted by molar-refractivity contribution is -0.140. The maximum Gasteiger partial charge on any atom is 0.319 e. The number of hydrogen-bond donors (Lipinski definition) is 2. The summed E-state index contributed by atoms with van der Waals surface area (Å²) in [5.41, 5.74) is 0. The van der Waals surface area contributed by atoms with Gasteiger partial charge in [-0.2, -0.15) is 12.6 Å². The zero-order valence-corrected chi connectivity index (χ0v) is 7.95. The molecular weight excluding hydrogens is 188 g/mol. The van der Waals surface area contributed by atoms with Crippen LogP contribution in [0.1, 0.15) is 20.3 Å². The van der Waals surface area contributed by atoms with Crippen molar-refractivity contribution in [2.24, 2.45) is 0 Å². The minimum Gasteiger partial charge on any atom is -1.00 e. The number of rotatable bonds is 3. The summed E-state index contributed by atoms with van der Waals surface area (Å²) < 4.78 is -1.22. The minimum absolute atomic E-state index is 0. The molecule has 1 N–H and O–H groups in total. The zero-order chi connectivity index (χ0) is 8.36. The van der Waals surface area contributed by atoms with Crippen molar-refractivity contribution in [1.82, 2.24) is 0 Å². The van der Waals surface area contributed by atoms with Crippen LogP contribution in [-0.4, -0.2) is 21.6 Å². The highest BCUT2D eigenvalue weighted by molar-refractivity contribution is 7.82. The second-order valence-corrected chi connectivity index (χ2v) is 3.44. The average molecular weight is 198 g/mol. The Hall–Kier alpha value is -0.220. The summed E-state index contributed by atoms with van der Waals surface area (Å²) in [7, 11) is 0. The maximum atomic E-state index is 10.5. The maximum absolute atomic E-state index is 10.5. The van der Waals surface area contributed by atoms with Crippen molar-refractivity contribution in [1.29, 1.82) is 0 Å². The first-order chi connectivity index (χ1) is 4.36. The van der Waals surface area contributed by atoms with E-state index in [-0.39, 0.29) is 24.6 Å². The lowest BCUT2D eigenvalue weighted by atomic mass is 10.1. The molecule has 3 nitrogen and oxygen atoms in total. The quantitative estimate of drug-likeness (QED) is 0.503. The Morgan fingerprint density at radius 3 is 2.00 bits per heavy atom. The Morgan fingerprint density at radius 2 is 1.91 bits per heavy atom. The molecule has 0 radical (unpaired) electrons. The molecule has 0 aromatic rings. The summed E-state index contributed by atoms with van der Waals surface area (Å²) in [5, 5.41) is 8.46. The van der Waals surface area contributed by atoms with Gasteiger partial charge in [-0.1, -0.05) is 0 Å². The molecule has 66 valence electrons. The van der Waals surface area contributed by atoms with Crippen molar-refractivity contribution < 1.29 is 27.1 Å². The largest absolute Gasteiger partial charge is 1.00 e. The van der Waals surface area contributed by atoms with E-state index in [0.717, 1.165) is 0 Å². The van der Waals surface area contributed by atoms with E-state index in [4.69, 9.17) is 5.11 Å². The van der Waals surface area contributed by atoms with Crippen molar-refractivity contribution in [3.8, 4) is 0 Å². The van der Waals surface area contributed by atoms with Crippen molar-refractivity contribution in [2.75, 3.05) is 0 Å². The average Bonchev–Trinajstić information content (AvgIpc) is 1.60. The zero-order valence-electron chi connectivity index (χ0n) is 6.30. The Kier molecular flexibility index (Phi) is 5.61. The number of Topliss-reactive ketones (excluding diaryl/α,β-unsaturated/α-hetero) is 1. The lowest BCUT2D eigenvalue weighted by Crippen LogP contribution is -3.00. The summed E-state index contributed by atoms with van der Waals surface area (Å²) in [4.78, 5) is 20.8. The summed E-state index contributed by atoms with van der Waals surface area (Å²) in [5.74, 6) is -1.23. The molecule has 0 aliphatic heterocycles. The molecule has 0 saturated carbocycles. The first kappa shape index (κ1) is 13.4. The van der Waals surface area contributed by atoms with E-state index in [1.54, 1.807) is 0 Å². The fourth-order valence-corrected chi connectivity index (χ4v) is 0.783. The number of hydrogen-bond acceptors (Lipinski definition) is 3. The summed E-state index contributed by atoms with van der Waals surface area (Å²) in [6.45, 7) is 2.75. The summed E-state index contributed by atoms with van der Waals surface area (Å²) >= 11 is 3.80. The van der Waals surface area contributed by atoms with E-state index < -0.39 is 10.7 Å².